The molecule has 1 heterocycles. The molecule has 0 spiro atoms. The molecule has 4 nitrogen and oxygen atoms in total. The van der Waals surface area contributed by atoms with Crippen LogP contribution in [0, 0.1) is 6.92 Å². The molecule has 0 fully saturated rings. The van der Waals surface area contributed by atoms with E-state index in [2.05, 4.69) is 5.10 Å². The van der Waals surface area contributed by atoms with Gasteiger partial charge in [0.15, 0.2) is 5.78 Å². The number of para-hydroxylation sites is 1. The van der Waals surface area contributed by atoms with Gasteiger partial charge in [-0.1, -0.05) is 78.4 Å². The van der Waals surface area contributed by atoms with Crippen molar-refractivity contribution in [3.8, 4) is 16.9 Å². The second kappa shape index (κ2) is 7.68. The lowest BCUT2D eigenvalue weighted by Gasteiger charge is -2.09. The van der Waals surface area contributed by atoms with E-state index >= 15 is 0 Å². The second-order valence-electron chi connectivity index (χ2n) is 6.94. The number of hydrogen-bond acceptors (Lipinski definition) is 3. The van der Waals surface area contributed by atoms with Crippen molar-refractivity contribution in [2.75, 3.05) is 0 Å². The van der Waals surface area contributed by atoms with Gasteiger partial charge >= 0.3 is 0 Å². The summed E-state index contributed by atoms with van der Waals surface area (Å²) in [7, 11) is 0. The van der Waals surface area contributed by atoms with Gasteiger partial charge in [-0.15, -0.1) is 0 Å². The largest absolute Gasteiger partial charge is 0.294 e. The molecule has 0 unspecified atom stereocenters. The third-order valence-electron chi connectivity index (χ3n) is 4.81. The lowest BCUT2D eigenvalue weighted by atomic mass is 9.98. The first-order chi connectivity index (χ1) is 14.1. The normalized spacial score (nSPS) is 10.7. The number of nitrogens with zero attached hydrogens (tertiary/aromatic N) is 2. The molecular formula is C25H20N2O2. The summed E-state index contributed by atoms with van der Waals surface area (Å²) in [6, 6.07) is 26.4. The van der Waals surface area contributed by atoms with Crippen LogP contribution >= 0.6 is 0 Å². The van der Waals surface area contributed by atoms with Crippen molar-refractivity contribution in [1.29, 1.82) is 0 Å². The monoisotopic (exact) mass is 380 g/mol. The number of benzene rings is 3. The molecule has 0 aliphatic heterocycles. The van der Waals surface area contributed by atoms with Crippen LogP contribution in [0.3, 0.4) is 0 Å². The molecule has 4 aromatic rings. The molecule has 4 rings (SSSR count). The van der Waals surface area contributed by atoms with Crippen molar-refractivity contribution in [1.82, 2.24) is 9.78 Å². The van der Waals surface area contributed by atoms with Gasteiger partial charge in [0.2, 0.25) is 5.78 Å². The Bertz CT molecular complexity index is 1170. The molecule has 0 saturated carbocycles. The van der Waals surface area contributed by atoms with Crippen LogP contribution in [0.15, 0.2) is 84.9 Å². The topological polar surface area (TPSA) is 52.0 Å². The van der Waals surface area contributed by atoms with Crippen molar-refractivity contribution < 1.29 is 9.59 Å². The Hall–Kier alpha value is -3.79. The van der Waals surface area contributed by atoms with Crippen LogP contribution in [0.1, 0.15) is 38.9 Å². The SMILES string of the molecule is CC(=O)c1c(C(=O)c2ccc(C)cc2)nn(-c2ccccc2)c1-c1ccccc1. The van der Waals surface area contributed by atoms with E-state index in [-0.39, 0.29) is 17.3 Å². The summed E-state index contributed by atoms with van der Waals surface area (Å²) in [6.07, 6.45) is 0. The van der Waals surface area contributed by atoms with E-state index in [1.807, 2.05) is 79.7 Å². The number of aryl methyl sites for hydroxylation is 1. The maximum absolute atomic E-state index is 13.3. The zero-order valence-electron chi connectivity index (χ0n) is 16.3. The molecule has 0 bridgehead atoms. The van der Waals surface area contributed by atoms with E-state index in [4.69, 9.17) is 0 Å². The number of rotatable bonds is 5. The van der Waals surface area contributed by atoms with Crippen LogP contribution in [-0.4, -0.2) is 21.3 Å². The van der Waals surface area contributed by atoms with Crippen molar-refractivity contribution >= 4 is 11.6 Å². The Balaban J connectivity index is 1.99. The predicted molar refractivity (Wildman–Crippen MR) is 114 cm³/mol. The average molecular weight is 380 g/mol. The molecule has 4 heteroatoms. The Kier molecular flexibility index (Phi) is 4.92. The lowest BCUT2D eigenvalue weighted by molar-refractivity contribution is 0.0989. The third-order valence-corrected chi connectivity index (χ3v) is 4.81. The molecule has 0 atom stereocenters. The van der Waals surface area contributed by atoms with E-state index in [1.165, 1.54) is 6.92 Å². The highest BCUT2D eigenvalue weighted by Gasteiger charge is 2.28. The molecule has 0 amide bonds. The van der Waals surface area contributed by atoms with Gasteiger partial charge in [-0.2, -0.15) is 5.10 Å². The fourth-order valence-corrected chi connectivity index (χ4v) is 3.37. The van der Waals surface area contributed by atoms with E-state index in [1.54, 1.807) is 16.8 Å². The van der Waals surface area contributed by atoms with Gasteiger partial charge in [-0.25, -0.2) is 4.68 Å². The smallest absolute Gasteiger partial charge is 0.214 e. The van der Waals surface area contributed by atoms with E-state index in [0.717, 1.165) is 16.8 Å². The van der Waals surface area contributed by atoms with Gasteiger partial charge in [0, 0.05) is 11.1 Å². The Morgan fingerprint density at radius 2 is 1.38 bits per heavy atom. The Morgan fingerprint density at radius 3 is 1.97 bits per heavy atom. The number of carbonyl (C=O) groups excluding carboxylic acids is 2. The highest BCUT2D eigenvalue weighted by atomic mass is 16.1. The first-order valence-electron chi connectivity index (χ1n) is 9.42. The highest BCUT2D eigenvalue weighted by molar-refractivity contribution is 6.16. The summed E-state index contributed by atoms with van der Waals surface area (Å²) in [5.41, 5.74) is 4.33. The van der Waals surface area contributed by atoms with Gasteiger partial charge in [-0.05, 0) is 26.0 Å². The molecule has 142 valence electrons. The van der Waals surface area contributed by atoms with Crippen LogP contribution in [0.2, 0.25) is 0 Å². The van der Waals surface area contributed by atoms with Gasteiger partial charge in [0.05, 0.1) is 16.9 Å². The molecule has 0 radical (unpaired) electrons. The zero-order chi connectivity index (χ0) is 20.4. The maximum atomic E-state index is 13.3. The first kappa shape index (κ1) is 18.6. The Labute approximate surface area is 169 Å². The molecule has 3 aromatic carbocycles. The molecular weight excluding hydrogens is 360 g/mol. The van der Waals surface area contributed by atoms with Gasteiger partial charge in [-0.3, -0.25) is 9.59 Å². The van der Waals surface area contributed by atoms with Gasteiger partial charge in [0.1, 0.15) is 5.69 Å². The van der Waals surface area contributed by atoms with Crippen LogP contribution in [0.4, 0.5) is 0 Å². The lowest BCUT2D eigenvalue weighted by Crippen LogP contribution is -2.08. The third kappa shape index (κ3) is 3.52. The minimum Gasteiger partial charge on any atom is -0.294 e. The first-order valence-corrected chi connectivity index (χ1v) is 9.42. The van der Waals surface area contributed by atoms with E-state index in [0.29, 0.717) is 16.8 Å². The van der Waals surface area contributed by atoms with Crippen LogP contribution < -0.4 is 0 Å². The zero-order valence-corrected chi connectivity index (χ0v) is 16.3. The fraction of sp³-hybridized carbons (Fsp3) is 0.0800. The number of hydrogen-bond donors (Lipinski definition) is 0. The van der Waals surface area contributed by atoms with E-state index in [9.17, 15) is 9.59 Å². The highest BCUT2D eigenvalue weighted by Crippen LogP contribution is 2.31. The molecule has 0 aliphatic rings. The average Bonchev–Trinajstić information content (AvgIpc) is 3.16. The summed E-state index contributed by atoms with van der Waals surface area (Å²) in [5, 5.41) is 4.62. The fourth-order valence-electron chi connectivity index (χ4n) is 3.37. The van der Waals surface area contributed by atoms with Crippen LogP contribution in [-0.2, 0) is 0 Å². The summed E-state index contributed by atoms with van der Waals surface area (Å²) in [5.74, 6) is -0.455. The summed E-state index contributed by atoms with van der Waals surface area (Å²) in [4.78, 5) is 26.0. The summed E-state index contributed by atoms with van der Waals surface area (Å²) >= 11 is 0. The van der Waals surface area contributed by atoms with E-state index < -0.39 is 0 Å². The summed E-state index contributed by atoms with van der Waals surface area (Å²) < 4.78 is 1.69. The molecule has 29 heavy (non-hydrogen) atoms. The standard InChI is InChI=1S/C25H20N2O2/c1-17-13-15-20(16-14-17)25(29)23-22(18(2)28)24(19-9-5-3-6-10-19)27(26-23)21-11-7-4-8-12-21/h3-16H,1-2H3. The Morgan fingerprint density at radius 1 is 0.793 bits per heavy atom. The minimum absolute atomic E-state index is 0.170. The maximum Gasteiger partial charge on any atom is 0.214 e. The van der Waals surface area contributed by atoms with Crippen molar-refractivity contribution in [2.45, 2.75) is 13.8 Å². The number of ketones is 2. The van der Waals surface area contributed by atoms with Crippen molar-refractivity contribution in [3.05, 3.63) is 107 Å². The summed E-state index contributed by atoms with van der Waals surface area (Å²) in [6.45, 7) is 3.44. The molecule has 0 N–H and O–H groups in total. The minimum atomic E-state index is -0.262. The van der Waals surface area contributed by atoms with Crippen LogP contribution in [0.5, 0.6) is 0 Å². The number of carbonyl (C=O) groups is 2. The molecule has 0 aliphatic carbocycles. The predicted octanol–water partition coefficient (Wildman–Crippen LogP) is 5.28. The second-order valence-corrected chi connectivity index (χ2v) is 6.94. The van der Waals surface area contributed by atoms with Gasteiger partial charge < -0.3 is 0 Å². The number of aromatic nitrogens is 2. The van der Waals surface area contributed by atoms with Gasteiger partial charge in [0.25, 0.3) is 0 Å². The molecule has 1 aromatic heterocycles. The van der Waals surface area contributed by atoms with Crippen molar-refractivity contribution in [2.24, 2.45) is 0 Å². The van der Waals surface area contributed by atoms with Crippen molar-refractivity contribution in [3.63, 3.8) is 0 Å². The number of Topliss-reactive ketones (excluding diaryl/α,β-unsaturated/α-hetero) is 1. The van der Waals surface area contributed by atoms with Crippen LogP contribution in [0.25, 0.3) is 16.9 Å². The quantitative estimate of drug-likeness (QED) is 0.443. The molecule has 0 saturated heterocycles.